The third-order valence-electron chi connectivity index (χ3n) is 3.63. The summed E-state index contributed by atoms with van der Waals surface area (Å²) in [6.07, 6.45) is 1.84. The number of aromatic nitrogens is 2. The molecule has 0 saturated heterocycles. The summed E-state index contributed by atoms with van der Waals surface area (Å²) in [4.78, 5) is 23.5. The lowest BCUT2D eigenvalue weighted by molar-refractivity contribution is -0.141. The van der Waals surface area contributed by atoms with Gasteiger partial charge in [-0.2, -0.15) is 5.10 Å². The van der Waals surface area contributed by atoms with Crippen molar-refractivity contribution in [2.75, 3.05) is 13.2 Å². The molecule has 0 bridgehead atoms. The first kappa shape index (κ1) is 17.5. The van der Waals surface area contributed by atoms with E-state index >= 15 is 0 Å². The number of carbonyl (C=O) groups is 2. The highest BCUT2D eigenvalue weighted by Crippen LogP contribution is 2.15. The Labute approximate surface area is 140 Å². The van der Waals surface area contributed by atoms with Crippen molar-refractivity contribution in [3.05, 3.63) is 47.8 Å². The summed E-state index contributed by atoms with van der Waals surface area (Å²) < 4.78 is 6.81. The maximum Gasteiger partial charge on any atom is 0.308 e. The van der Waals surface area contributed by atoms with Crippen LogP contribution in [-0.4, -0.2) is 39.9 Å². The Bertz CT molecular complexity index is 694. The van der Waals surface area contributed by atoms with Crippen LogP contribution in [0.25, 0.3) is 0 Å². The quantitative estimate of drug-likeness (QED) is 0.764. The minimum absolute atomic E-state index is 0.0482. The number of nitrogens with zero attached hydrogens (tertiary/aromatic N) is 2. The van der Waals surface area contributed by atoms with E-state index in [9.17, 15) is 14.7 Å². The molecule has 1 aromatic carbocycles. The summed E-state index contributed by atoms with van der Waals surface area (Å²) in [5.74, 6) is -1.25. The zero-order valence-electron chi connectivity index (χ0n) is 13.7. The molecule has 7 heteroatoms. The van der Waals surface area contributed by atoms with Gasteiger partial charge in [0.25, 0.3) is 5.91 Å². The van der Waals surface area contributed by atoms with Crippen molar-refractivity contribution in [1.29, 1.82) is 0 Å². The summed E-state index contributed by atoms with van der Waals surface area (Å²) in [5, 5.41) is 16.0. The van der Waals surface area contributed by atoms with Gasteiger partial charge in [0.1, 0.15) is 11.4 Å². The number of amides is 1. The Hall–Kier alpha value is -2.83. The predicted molar refractivity (Wildman–Crippen MR) is 88.0 cm³/mol. The highest BCUT2D eigenvalue weighted by molar-refractivity contribution is 5.92. The normalized spacial score (nSPS) is 11.8. The molecule has 0 aliphatic heterocycles. The molecule has 0 radical (unpaired) electrons. The zero-order valence-corrected chi connectivity index (χ0v) is 13.7. The molecule has 1 unspecified atom stereocenters. The average Bonchev–Trinajstić information content (AvgIpc) is 2.99. The lowest BCUT2D eigenvalue weighted by Gasteiger charge is -2.14. The number of carbonyl (C=O) groups excluding carboxylic acids is 1. The van der Waals surface area contributed by atoms with Crippen LogP contribution < -0.4 is 10.1 Å². The molecule has 1 aromatic heterocycles. The van der Waals surface area contributed by atoms with Crippen LogP contribution in [0.5, 0.6) is 5.75 Å². The molecule has 0 aliphatic carbocycles. The second-order valence-electron chi connectivity index (χ2n) is 5.37. The molecular weight excluding hydrogens is 310 g/mol. The van der Waals surface area contributed by atoms with Crippen molar-refractivity contribution < 1.29 is 19.4 Å². The number of hydrogen-bond acceptors (Lipinski definition) is 4. The number of rotatable bonds is 8. The second kappa shape index (κ2) is 8.14. The van der Waals surface area contributed by atoms with E-state index in [-0.39, 0.29) is 12.5 Å². The Morgan fingerprint density at radius 3 is 2.54 bits per heavy atom. The van der Waals surface area contributed by atoms with Crippen LogP contribution in [0.4, 0.5) is 0 Å². The second-order valence-corrected chi connectivity index (χ2v) is 5.37. The smallest absolute Gasteiger partial charge is 0.308 e. The van der Waals surface area contributed by atoms with E-state index in [1.807, 2.05) is 31.2 Å². The van der Waals surface area contributed by atoms with Gasteiger partial charge in [0.05, 0.1) is 12.5 Å². The van der Waals surface area contributed by atoms with Gasteiger partial charge in [0.2, 0.25) is 0 Å². The third-order valence-corrected chi connectivity index (χ3v) is 3.63. The number of nitrogens with one attached hydrogen (secondary N) is 1. The van der Waals surface area contributed by atoms with Crippen molar-refractivity contribution in [3.8, 4) is 5.75 Å². The van der Waals surface area contributed by atoms with Gasteiger partial charge >= 0.3 is 5.97 Å². The molecule has 1 heterocycles. The Balaban J connectivity index is 1.95. The Morgan fingerprint density at radius 2 is 2.00 bits per heavy atom. The Kier molecular flexibility index (Phi) is 5.95. The molecular formula is C17H21N3O4. The number of aliphatic carboxylic acids is 1. The molecule has 2 N–H and O–H groups in total. The van der Waals surface area contributed by atoms with E-state index in [1.54, 1.807) is 13.1 Å². The van der Waals surface area contributed by atoms with Crippen LogP contribution >= 0.6 is 0 Å². The van der Waals surface area contributed by atoms with E-state index in [0.717, 1.165) is 11.3 Å². The lowest BCUT2D eigenvalue weighted by atomic mass is 9.99. The molecule has 0 aliphatic rings. The fourth-order valence-corrected chi connectivity index (χ4v) is 2.32. The monoisotopic (exact) mass is 331 g/mol. The predicted octanol–water partition coefficient (Wildman–Crippen LogP) is 1.49. The Morgan fingerprint density at radius 1 is 1.29 bits per heavy atom. The molecule has 24 heavy (non-hydrogen) atoms. The van der Waals surface area contributed by atoms with Crippen molar-refractivity contribution in [3.63, 3.8) is 0 Å². The molecule has 0 saturated carbocycles. The molecule has 128 valence electrons. The first-order valence-electron chi connectivity index (χ1n) is 7.72. The minimum atomic E-state index is -0.950. The molecule has 1 amide bonds. The number of aryl methyl sites for hydroxylation is 1. The fourth-order valence-electron chi connectivity index (χ4n) is 2.32. The highest BCUT2D eigenvalue weighted by atomic mass is 16.5. The van der Waals surface area contributed by atoms with Gasteiger partial charge in [-0.25, -0.2) is 0 Å². The van der Waals surface area contributed by atoms with Gasteiger partial charge in [-0.3, -0.25) is 14.3 Å². The SMILES string of the molecule is CCOc1ccc(CC(CNC(=O)c2ccnn2C)C(=O)O)cc1. The van der Waals surface area contributed by atoms with Crippen molar-refractivity contribution in [1.82, 2.24) is 15.1 Å². The standard InChI is InChI=1S/C17H21N3O4/c1-3-24-14-6-4-12(5-7-14)10-13(17(22)23)11-18-16(21)15-8-9-19-20(15)2/h4-9,13H,3,10-11H2,1-2H3,(H,18,21)(H,22,23). The summed E-state index contributed by atoms with van der Waals surface area (Å²) >= 11 is 0. The molecule has 2 rings (SSSR count). The maximum atomic E-state index is 12.0. The van der Waals surface area contributed by atoms with Crippen molar-refractivity contribution >= 4 is 11.9 Å². The molecule has 0 fully saturated rings. The van der Waals surface area contributed by atoms with Crippen LogP contribution in [-0.2, 0) is 18.3 Å². The summed E-state index contributed by atoms with van der Waals surface area (Å²) in [6, 6.07) is 8.88. The van der Waals surface area contributed by atoms with E-state index in [2.05, 4.69) is 10.4 Å². The summed E-state index contributed by atoms with van der Waals surface area (Å²) in [5.41, 5.74) is 1.26. The average molecular weight is 331 g/mol. The highest BCUT2D eigenvalue weighted by Gasteiger charge is 2.20. The summed E-state index contributed by atoms with van der Waals surface area (Å²) in [6.45, 7) is 2.53. The van der Waals surface area contributed by atoms with E-state index < -0.39 is 11.9 Å². The zero-order chi connectivity index (χ0) is 17.5. The van der Waals surface area contributed by atoms with E-state index in [0.29, 0.717) is 18.7 Å². The number of hydrogen-bond donors (Lipinski definition) is 2. The van der Waals surface area contributed by atoms with Gasteiger partial charge in [0, 0.05) is 19.8 Å². The fraction of sp³-hybridized carbons (Fsp3) is 0.353. The van der Waals surface area contributed by atoms with E-state index in [4.69, 9.17) is 4.74 Å². The number of carboxylic acids is 1. The number of carboxylic acid groups (broad SMARTS) is 1. The van der Waals surface area contributed by atoms with Gasteiger partial charge in [-0.1, -0.05) is 12.1 Å². The van der Waals surface area contributed by atoms with Gasteiger partial charge < -0.3 is 15.2 Å². The van der Waals surface area contributed by atoms with Crippen LogP contribution in [0.15, 0.2) is 36.5 Å². The van der Waals surface area contributed by atoms with Gasteiger partial charge in [-0.15, -0.1) is 0 Å². The molecule has 7 nitrogen and oxygen atoms in total. The first-order chi connectivity index (χ1) is 11.5. The number of ether oxygens (including phenoxy) is 1. The maximum absolute atomic E-state index is 12.0. The largest absolute Gasteiger partial charge is 0.494 e. The molecule has 1 atom stereocenters. The van der Waals surface area contributed by atoms with Crippen LogP contribution in [0.1, 0.15) is 23.0 Å². The van der Waals surface area contributed by atoms with Crippen LogP contribution in [0, 0.1) is 5.92 Å². The first-order valence-corrected chi connectivity index (χ1v) is 7.72. The molecule has 0 spiro atoms. The van der Waals surface area contributed by atoms with Gasteiger partial charge in [-0.05, 0) is 37.1 Å². The van der Waals surface area contributed by atoms with Crippen molar-refractivity contribution in [2.24, 2.45) is 13.0 Å². The minimum Gasteiger partial charge on any atom is -0.494 e. The van der Waals surface area contributed by atoms with E-state index in [1.165, 1.54) is 10.9 Å². The summed E-state index contributed by atoms with van der Waals surface area (Å²) in [7, 11) is 1.66. The van der Waals surface area contributed by atoms with Crippen LogP contribution in [0.3, 0.4) is 0 Å². The molecule has 2 aromatic rings. The third kappa shape index (κ3) is 4.58. The number of benzene rings is 1. The van der Waals surface area contributed by atoms with Gasteiger partial charge in [0.15, 0.2) is 0 Å². The van der Waals surface area contributed by atoms with Crippen LogP contribution in [0.2, 0.25) is 0 Å². The van der Waals surface area contributed by atoms with Crippen molar-refractivity contribution in [2.45, 2.75) is 13.3 Å². The lowest BCUT2D eigenvalue weighted by Crippen LogP contribution is -2.34. The topological polar surface area (TPSA) is 93.5 Å².